The van der Waals surface area contributed by atoms with Crippen LogP contribution >= 0.6 is 56.7 Å². The standard InChI is InChI=1S/C39H30O6S6/c1-51(44,45)27-11-7-24(8-12-27)29-14-16-31(47-29)35-22-26(10-20-37(42)43)39(50-35)33-18-17-32(48-33)38-25(9-19-36(40)41)21-34(49-38)30-15-13-28(46-30)23-5-3-2-4-6-23/h2-8,11-18,21-22H,9-10,19-20H2,1H3,(H,40,41)(H,42,43). The van der Waals surface area contributed by atoms with Crippen LogP contribution in [0.4, 0.5) is 0 Å². The number of carboxylic acids is 2. The molecular weight excluding hydrogens is 757 g/mol. The minimum atomic E-state index is -3.28. The molecule has 258 valence electrons. The van der Waals surface area contributed by atoms with E-state index in [1.165, 1.54) is 11.1 Å². The third kappa shape index (κ3) is 8.01. The highest BCUT2D eigenvalue weighted by molar-refractivity contribution is 7.90. The Hall–Kier alpha value is -4.17. The quantitative estimate of drug-likeness (QED) is 0.120. The molecule has 0 radical (unpaired) electrons. The highest BCUT2D eigenvalue weighted by Gasteiger charge is 2.21. The molecule has 2 N–H and O–H groups in total. The molecular formula is C39H30O6S6. The van der Waals surface area contributed by atoms with Crippen molar-refractivity contribution in [2.75, 3.05) is 6.26 Å². The monoisotopic (exact) mass is 786 g/mol. The zero-order valence-electron chi connectivity index (χ0n) is 27.1. The van der Waals surface area contributed by atoms with Gasteiger partial charge in [-0.3, -0.25) is 9.59 Å². The molecule has 5 aromatic heterocycles. The molecule has 0 fully saturated rings. The van der Waals surface area contributed by atoms with Gasteiger partial charge in [-0.1, -0.05) is 42.5 Å². The number of carboxylic acid groups (broad SMARTS) is 2. The van der Waals surface area contributed by atoms with Gasteiger partial charge < -0.3 is 10.2 Å². The van der Waals surface area contributed by atoms with Crippen LogP contribution in [-0.2, 0) is 32.3 Å². The van der Waals surface area contributed by atoms with Crippen LogP contribution in [0.2, 0.25) is 0 Å². The van der Waals surface area contributed by atoms with E-state index in [1.54, 1.807) is 68.8 Å². The molecule has 0 unspecified atom stereocenters. The van der Waals surface area contributed by atoms with E-state index in [-0.39, 0.29) is 17.7 Å². The SMILES string of the molecule is CS(=O)(=O)c1ccc(-c2ccc(-c3cc(CCC(=O)O)c(-c4ccc(-c5sc(-c6ccc(-c7ccccc7)s6)cc5CCC(=O)O)s4)s3)s2)cc1. The highest BCUT2D eigenvalue weighted by Crippen LogP contribution is 2.49. The number of hydrogen-bond acceptors (Lipinski definition) is 9. The highest BCUT2D eigenvalue weighted by atomic mass is 32.2. The summed E-state index contributed by atoms with van der Waals surface area (Å²) in [5.74, 6) is -1.69. The lowest BCUT2D eigenvalue weighted by atomic mass is 10.1. The molecule has 0 aliphatic heterocycles. The zero-order valence-corrected chi connectivity index (χ0v) is 32.0. The van der Waals surface area contributed by atoms with Crippen molar-refractivity contribution in [3.8, 4) is 59.9 Å². The number of aryl methyl sites for hydroxylation is 2. The Bertz CT molecular complexity index is 2460. The van der Waals surface area contributed by atoms with Crippen molar-refractivity contribution in [1.29, 1.82) is 0 Å². The number of rotatable bonds is 13. The second-order valence-corrected chi connectivity index (χ2v) is 19.2. The van der Waals surface area contributed by atoms with Gasteiger partial charge in [-0.05, 0) is 95.8 Å². The summed E-state index contributed by atoms with van der Waals surface area (Å²) in [7, 11) is -3.28. The molecule has 51 heavy (non-hydrogen) atoms. The van der Waals surface area contributed by atoms with Gasteiger partial charge in [0.1, 0.15) is 0 Å². The summed E-state index contributed by atoms with van der Waals surface area (Å²) in [6, 6.07) is 33.9. The second-order valence-electron chi connectivity index (χ2n) is 11.9. The van der Waals surface area contributed by atoms with E-state index in [1.807, 2.05) is 36.4 Å². The summed E-state index contributed by atoms with van der Waals surface area (Å²) in [4.78, 5) is 34.2. The molecule has 5 heterocycles. The Morgan fingerprint density at radius 2 is 0.922 bits per heavy atom. The van der Waals surface area contributed by atoms with E-state index < -0.39 is 21.8 Å². The molecule has 6 nitrogen and oxygen atoms in total. The summed E-state index contributed by atoms with van der Waals surface area (Å²) in [6.45, 7) is 0. The predicted molar refractivity (Wildman–Crippen MR) is 213 cm³/mol. The van der Waals surface area contributed by atoms with E-state index in [2.05, 4.69) is 54.6 Å². The molecule has 0 atom stereocenters. The zero-order chi connectivity index (χ0) is 35.7. The molecule has 0 bridgehead atoms. The minimum Gasteiger partial charge on any atom is -0.481 e. The third-order valence-corrected chi connectivity index (χ3v) is 15.8. The largest absolute Gasteiger partial charge is 0.481 e. The average molecular weight is 787 g/mol. The maximum absolute atomic E-state index is 11.9. The Balaban J connectivity index is 1.21. The summed E-state index contributed by atoms with van der Waals surface area (Å²) < 4.78 is 23.8. The number of carbonyl (C=O) groups is 2. The predicted octanol–water partition coefficient (Wildman–Crippen LogP) is 11.4. The number of thiophene rings is 5. The fraction of sp³-hybridized carbons (Fsp3) is 0.128. The van der Waals surface area contributed by atoms with Crippen LogP contribution in [0, 0.1) is 0 Å². The van der Waals surface area contributed by atoms with Crippen molar-refractivity contribution >= 4 is 78.5 Å². The fourth-order valence-corrected chi connectivity index (χ4v) is 12.2. The number of benzene rings is 2. The topological polar surface area (TPSA) is 109 Å². The molecule has 7 aromatic rings. The lowest BCUT2D eigenvalue weighted by Crippen LogP contribution is -1.97. The van der Waals surface area contributed by atoms with Crippen LogP contribution in [0.1, 0.15) is 24.0 Å². The lowest BCUT2D eigenvalue weighted by molar-refractivity contribution is -0.138. The number of sulfone groups is 1. The Morgan fingerprint density at radius 3 is 1.37 bits per heavy atom. The molecule has 0 aliphatic carbocycles. The van der Waals surface area contributed by atoms with Crippen molar-refractivity contribution < 1.29 is 28.2 Å². The van der Waals surface area contributed by atoms with Gasteiger partial charge in [-0.25, -0.2) is 8.42 Å². The molecule has 0 saturated carbocycles. The van der Waals surface area contributed by atoms with Crippen molar-refractivity contribution in [2.45, 2.75) is 30.6 Å². The van der Waals surface area contributed by atoms with Gasteiger partial charge >= 0.3 is 11.9 Å². The maximum atomic E-state index is 11.9. The lowest BCUT2D eigenvalue weighted by Gasteiger charge is -2.01. The van der Waals surface area contributed by atoms with Crippen molar-refractivity contribution in [1.82, 2.24) is 0 Å². The van der Waals surface area contributed by atoms with Gasteiger partial charge in [0.2, 0.25) is 0 Å². The molecule has 7 rings (SSSR count). The molecule has 0 saturated heterocycles. The smallest absolute Gasteiger partial charge is 0.303 e. The van der Waals surface area contributed by atoms with Crippen LogP contribution in [0.5, 0.6) is 0 Å². The summed E-state index contributed by atoms with van der Waals surface area (Å²) in [6.07, 6.45) is 2.08. The Morgan fingerprint density at radius 1 is 0.510 bits per heavy atom. The first-order chi connectivity index (χ1) is 24.5. The van der Waals surface area contributed by atoms with Crippen molar-refractivity contribution in [2.24, 2.45) is 0 Å². The van der Waals surface area contributed by atoms with Crippen LogP contribution in [0.25, 0.3) is 59.9 Å². The normalized spacial score (nSPS) is 11.6. The summed E-state index contributed by atoms with van der Waals surface area (Å²) >= 11 is 8.29. The summed E-state index contributed by atoms with van der Waals surface area (Å²) in [5, 5.41) is 19.0. The summed E-state index contributed by atoms with van der Waals surface area (Å²) in [5.41, 5.74) is 4.07. The number of aliphatic carboxylic acids is 2. The first-order valence-corrected chi connectivity index (χ1v) is 21.8. The van der Waals surface area contributed by atoms with Gasteiger partial charge in [0.15, 0.2) is 9.84 Å². The van der Waals surface area contributed by atoms with Gasteiger partial charge in [-0.2, -0.15) is 0 Å². The molecule has 0 aliphatic rings. The molecule has 12 heteroatoms. The van der Waals surface area contributed by atoms with Crippen molar-refractivity contribution in [3.63, 3.8) is 0 Å². The van der Waals surface area contributed by atoms with Gasteiger partial charge in [0.05, 0.1) is 4.90 Å². The molecule has 0 amide bonds. The Kier molecular flexibility index (Phi) is 10.2. The Labute approximate surface area is 315 Å². The maximum Gasteiger partial charge on any atom is 0.303 e. The minimum absolute atomic E-state index is 0.0170. The van der Waals surface area contributed by atoms with Crippen molar-refractivity contribution in [3.05, 3.63) is 114 Å². The van der Waals surface area contributed by atoms with Crippen LogP contribution in [0.3, 0.4) is 0 Å². The molecule has 0 spiro atoms. The molecule has 2 aromatic carbocycles. The van der Waals surface area contributed by atoms with E-state index in [0.29, 0.717) is 12.8 Å². The fourth-order valence-electron chi connectivity index (χ4n) is 5.67. The average Bonchev–Trinajstić information content (AvgIpc) is 3.95. The second kappa shape index (κ2) is 14.8. The van der Waals surface area contributed by atoms with Crippen LogP contribution < -0.4 is 0 Å². The third-order valence-electron chi connectivity index (χ3n) is 8.21. The van der Waals surface area contributed by atoms with E-state index in [9.17, 15) is 28.2 Å². The first kappa shape index (κ1) is 35.2. The van der Waals surface area contributed by atoms with E-state index in [0.717, 1.165) is 66.1 Å². The number of hydrogen-bond donors (Lipinski definition) is 2. The van der Waals surface area contributed by atoms with Crippen LogP contribution in [-0.4, -0.2) is 36.8 Å². The van der Waals surface area contributed by atoms with E-state index in [4.69, 9.17) is 0 Å². The van der Waals surface area contributed by atoms with Crippen LogP contribution in [0.15, 0.2) is 108 Å². The first-order valence-electron chi connectivity index (χ1n) is 15.9. The van der Waals surface area contributed by atoms with Gasteiger partial charge in [-0.15, -0.1) is 56.7 Å². The van der Waals surface area contributed by atoms with Gasteiger partial charge in [0.25, 0.3) is 0 Å². The van der Waals surface area contributed by atoms with E-state index >= 15 is 0 Å². The van der Waals surface area contributed by atoms with Gasteiger partial charge in [0, 0.05) is 67.9 Å².